The highest BCUT2D eigenvalue weighted by Gasteiger charge is 2.34. The van der Waals surface area contributed by atoms with E-state index in [0.717, 1.165) is 17.1 Å². The van der Waals surface area contributed by atoms with Gasteiger partial charge in [0.15, 0.2) is 3.95 Å². The Morgan fingerprint density at radius 1 is 1.60 bits per heavy atom. The number of amides is 1. The second-order valence-electron chi connectivity index (χ2n) is 5.59. The molecule has 2 rings (SSSR count). The summed E-state index contributed by atoms with van der Waals surface area (Å²) < 4.78 is 0.705. The van der Waals surface area contributed by atoms with Crippen LogP contribution in [0.4, 0.5) is 0 Å². The standard InChI is InChI=1S/C13H21N3O2S2/c1-8-11(20-13(19)14-8)5-12(18)16-7-10(17)4-9(16)6-15(2)3/h9-10,17H,4-7H2,1-3H3,(H,14,19). The second kappa shape index (κ2) is 6.34. The molecule has 112 valence electrons. The SMILES string of the molecule is Cc1[nH]c(=S)sc1CC(=O)N1CC(O)CC1CN(C)C. The van der Waals surface area contributed by atoms with Gasteiger partial charge in [0, 0.05) is 29.7 Å². The van der Waals surface area contributed by atoms with Crippen molar-refractivity contribution in [3.63, 3.8) is 0 Å². The molecule has 20 heavy (non-hydrogen) atoms. The van der Waals surface area contributed by atoms with Crippen molar-refractivity contribution < 1.29 is 9.90 Å². The number of rotatable bonds is 4. The highest BCUT2D eigenvalue weighted by molar-refractivity contribution is 7.73. The van der Waals surface area contributed by atoms with Crippen molar-refractivity contribution >= 4 is 29.5 Å². The lowest BCUT2D eigenvalue weighted by Gasteiger charge is -2.26. The molecule has 1 aliphatic heterocycles. The summed E-state index contributed by atoms with van der Waals surface area (Å²) in [4.78, 5) is 20.4. The van der Waals surface area contributed by atoms with Crippen molar-refractivity contribution in [2.45, 2.75) is 31.9 Å². The van der Waals surface area contributed by atoms with E-state index in [2.05, 4.69) is 9.88 Å². The summed E-state index contributed by atoms with van der Waals surface area (Å²) in [5, 5.41) is 9.82. The molecule has 1 aromatic rings. The quantitative estimate of drug-likeness (QED) is 0.819. The summed E-state index contributed by atoms with van der Waals surface area (Å²) in [6.07, 6.45) is 0.612. The number of nitrogens with one attached hydrogen (secondary N) is 1. The van der Waals surface area contributed by atoms with Crippen LogP contribution in [0.5, 0.6) is 0 Å². The number of aromatic amines is 1. The van der Waals surface area contributed by atoms with Crippen molar-refractivity contribution in [2.24, 2.45) is 0 Å². The van der Waals surface area contributed by atoms with Crippen LogP contribution in [0.25, 0.3) is 0 Å². The van der Waals surface area contributed by atoms with E-state index in [9.17, 15) is 9.90 Å². The van der Waals surface area contributed by atoms with Crippen LogP contribution in [-0.2, 0) is 11.2 Å². The Morgan fingerprint density at radius 3 is 2.85 bits per heavy atom. The van der Waals surface area contributed by atoms with E-state index < -0.39 is 6.10 Å². The number of carbonyl (C=O) groups excluding carboxylic acids is 1. The summed E-state index contributed by atoms with van der Waals surface area (Å²) in [6.45, 7) is 3.15. The average molecular weight is 315 g/mol. The van der Waals surface area contributed by atoms with Gasteiger partial charge in [-0.2, -0.15) is 0 Å². The molecular formula is C13H21N3O2S2. The van der Waals surface area contributed by atoms with E-state index in [0.29, 0.717) is 23.3 Å². The minimum Gasteiger partial charge on any atom is -0.391 e. The van der Waals surface area contributed by atoms with Crippen LogP contribution in [0.15, 0.2) is 0 Å². The van der Waals surface area contributed by atoms with Crippen LogP contribution in [0, 0.1) is 10.9 Å². The van der Waals surface area contributed by atoms with Crippen LogP contribution in [0.2, 0.25) is 0 Å². The van der Waals surface area contributed by atoms with Gasteiger partial charge in [0.25, 0.3) is 0 Å². The maximum atomic E-state index is 12.5. The van der Waals surface area contributed by atoms with E-state index in [1.807, 2.05) is 25.9 Å². The summed E-state index contributed by atoms with van der Waals surface area (Å²) in [7, 11) is 3.96. The number of β-amino-alcohol motifs (C(OH)–C–C–N with tert-alkyl or cyclic N) is 1. The number of nitrogens with zero attached hydrogens (tertiary/aromatic N) is 2. The average Bonchev–Trinajstić information content (AvgIpc) is 2.81. The third kappa shape index (κ3) is 3.66. The Balaban J connectivity index is 2.07. The predicted octanol–water partition coefficient (Wildman–Crippen LogP) is 1.18. The largest absolute Gasteiger partial charge is 0.391 e. The highest BCUT2D eigenvalue weighted by Crippen LogP contribution is 2.22. The minimum atomic E-state index is -0.408. The third-order valence-corrected chi connectivity index (χ3v) is 4.86. The third-order valence-electron chi connectivity index (χ3n) is 3.52. The molecule has 5 nitrogen and oxygen atoms in total. The van der Waals surface area contributed by atoms with Crippen molar-refractivity contribution in [1.82, 2.24) is 14.8 Å². The molecule has 1 fully saturated rings. The molecule has 2 atom stereocenters. The number of carbonyl (C=O) groups is 1. The molecular weight excluding hydrogens is 294 g/mol. The van der Waals surface area contributed by atoms with Crippen molar-refractivity contribution in [3.8, 4) is 0 Å². The predicted molar refractivity (Wildman–Crippen MR) is 82.6 cm³/mol. The molecule has 0 aromatic carbocycles. The molecule has 1 amide bonds. The van der Waals surface area contributed by atoms with Gasteiger partial charge in [-0.25, -0.2) is 0 Å². The van der Waals surface area contributed by atoms with Crippen LogP contribution >= 0.6 is 23.6 Å². The first-order valence-corrected chi connectivity index (χ1v) is 7.90. The van der Waals surface area contributed by atoms with Gasteiger partial charge in [0.1, 0.15) is 0 Å². The number of aliphatic hydroxyl groups is 1. The van der Waals surface area contributed by atoms with E-state index >= 15 is 0 Å². The summed E-state index contributed by atoms with van der Waals surface area (Å²) in [5.74, 6) is 0.0711. The number of aryl methyl sites for hydroxylation is 1. The van der Waals surface area contributed by atoms with E-state index in [-0.39, 0.29) is 11.9 Å². The molecule has 1 aromatic heterocycles. The second-order valence-corrected chi connectivity index (χ2v) is 7.36. The van der Waals surface area contributed by atoms with Gasteiger partial charge in [0.05, 0.1) is 12.5 Å². The fourth-order valence-electron chi connectivity index (χ4n) is 2.64. The molecule has 2 heterocycles. The molecule has 0 spiro atoms. The number of likely N-dealkylation sites (tertiary alicyclic amines) is 1. The van der Waals surface area contributed by atoms with Crippen LogP contribution in [0.1, 0.15) is 17.0 Å². The smallest absolute Gasteiger partial charge is 0.228 e. The number of aromatic nitrogens is 1. The normalized spacial score (nSPS) is 22.8. The van der Waals surface area contributed by atoms with Crippen molar-refractivity contribution in [3.05, 3.63) is 14.5 Å². The van der Waals surface area contributed by atoms with Gasteiger partial charge in [0.2, 0.25) is 5.91 Å². The number of thiazole rings is 1. The molecule has 1 aliphatic rings. The zero-order chi connectivity index (χ0) is 14.9. The monoisotopic (exact) mass is 315 g/mol. The number of aliphatic hydroxyl groups excluding tert-OH is 1. The van der Waals surface area contributed by atoms with Gasteiger partial charge in [-0.05, 0) is 39.7 Å². The van der Waals surface area contributed by atoms with Gasteiger partial charge < -0.3 is 19.9 Å². The van der Waals surface area contributed by atoms with Crippen LogP contribution < -0.4 is 0 Å². The lowest BCUT2D eigenvalue weighted by Crippen LogP contribution is -2.42. The molecule has 0 radical (unpaired) electrons. The summed E-state index contributed by atoms with van der Waals surface area (Å²) in [6, 6.07) is 0.0970. The maximum absolute atomic E-state index is 12.5. The van der Waals surface area contributed by atoms with Crippen molar-refractivity contribution in [1.29, 1.82) is 0 Å². The van der Waals surface area contributed by atoms with Gasteiger partial charge >= 0.3 is 0 Å². The highest BCUT2D eigenvalue weighted by atomic mass is 32.1. The first-order valence-electron chi connectivity index (χ1n) is 6.67. The Labute approximate surface area is 128 Å². The first-order chi connectivity index (χ1) is 9.36. The Morgan fingerprint density at radius 2 is 2.30 bits per heavy atom. The van der Waals surface area contributed by atoms with Crippen molar-refractivity contribution in [2.75, 3.05) is 27.2 Å². The molecule has 0 saturated carbocycles. The lowest BCUT2D eigenvalue weighted by atomic mass is 10.2. The molecule has 0 aliphatic carbocycles. The molecule has 2 unspecified atom stereocenters. The lowest BCUT2D eigenvalue weighted by molar-refractivity contribution is -0.131. The first kappa shape index (κ1) is 15.6. The Bertz CT molecular complexity index is 538. The van der Waals surface area contributed by atoms with E-state index in [1.54, 1.807) is 0 Å². The molecule has 2 N–H and O–H groups in total. The molecule has 7 heteroatoms. The maximum Gasteiger partial charge on any atom is 0.228 e. The van der Waals surface area contributed by atoms with E-state index in [4.69, 9.17) is 12.2 Å². The Kier molecular flexibility index (Phi) is 4.95. The van der Waals surface area contributed by atoms with Gasteiger partial charge in [-0.3, -0.25) is 4.79 Å². The van der Waals surface area contributed by atoms with Crippen LogP contribution in [0.3, 0.4) is 0 Å². The number of H-pyrrole nitrogens is 1. The van der Waals surface area contributed by atoms with E-state index in [1.165, 1.54) is 11.3 Å². The van der Waals surface area contributed by atoms with Gasteiger partial charge in [-0.15, -0.1) is 11.3 Å². The topological polar surface area (TPSA) is 59.6 Å². The number of hydrogen-bond acceptors (Lipinski definition) is 5. The molecule has 0 bridgehead atoms. The fourth-order valence-corrected chi connectivity index (χ4v) is 3.92. The van der Waals surface area contributed by atoms with Crippen LogP contribution in [-0.4, -0.2) is 65.1 Å². The van der Waals surface area contributed by atoms with Gasteiger partial charge in [-0.1, -0.05) is 0 Å². The Hall–Kier alpha value is -0.760. The number of likely N-dealkylation sites (N-methyl/N-ethyl adjacent to an activating group) is 1. The summed E-state index contributed by atoms with van der Waals surface area (Å²) >= 11 is 6.55. The summed E-state index contributed by atoms with van der Waals surface area (Å²) in [5.41, 5.74) is 0.970. The molecule has 1 saturated heterocycles. The zero-order valence-corrected chi connectivity index (χ0v) is 13.7. The zero-order valence-electron chi connectivity index (χ0n) is 12.0. The fraction of sp³-hybridized carbons (Fsp3) is 0.692. The number of hydrogen-bond donors (Lipinski definition) is 2. The minimum absolute atomic E-state index is 0.0711.